The summed E-state index contributed by atoms with van der Waals surface area (Å²) < 4.78 is 18.1. The van der Waals surface area contributed by atoms with Crippen molar-refractivity contribution in [1.82, 2.24) is 0 Å². The Morgan fingerprint density at radius 2 is 1.81 bits per heavy atom. The van der Waals surface area contributed by atoms with Gasteiger partial charge in [0.1, 0.15) is 0 Å². The highest BCUT2D eigenvalue weighted by Gasteiger charge is 2.36. The highest BCUT2D eigenvalue weighted by Crippen LogP contribution is 2.36. The molecule has 21 heavy (non-hydrogen) atoms. The van der Waals surface area contributed by atoms with E-state index >= 15 is 0 Å². The Morgan fingerprint density at radius 3 is 2.33 bits per heavy atom. The molecule has 0 heterocycles. The molecule has 0 amide bonds. The summed E-state index contributed by atoms with van der Waals surface area (Å²) in [5.41, 5.74) is 0. The van der Waals surface area contributed by atoms with E-state index in [0.29, 0.717) is 13.0 Å². The lowest BCUT2D eigenvalue weighted by molar-refractivity contribution is 0.153. The van der Waals surface area contributed by atoms with Crippen LogP contribution in [0.2, 0.25) is 18.1 Å². The molecule has 0 aliphatic rings. The summed E-state index contributed by atoms with van der Waals surface area (Å²) in [7, 11) is -2.91. The van der Waals surface area contributed by atoms with Crippen LogP contribution in [0.4, 0.5) is 0 Å². The van der Waals surface area contributed by atoms with Crippen molar-refractivity contribution in [2.75, 3.05) is 12.4 Å². The van der Waals surface area contributed by atoms with E-state index < -0.39 is 25.2 Å². The second-order valence-corrected chi connectivity index (χ2v) is 13.2. The van der Waals surface area contributed by atoms with E-state index in [9.17, 15) is 9.32 Å². The van der Waals surface area contributed by atoms with Gasteiger partial charge < -0.3 is 9.53 Å². The summed E-state index contributed by atoms with van der Waals surface area (Å²) in [6.45, 7) is 11.5. The molecule has 0 aliphatic heterocycles. The Bertz CT molecular complexity index is 454. The Balaban J connectivity index is 2.38. The topological polar surface area (TPSA) is 46.5 Å². The van der Waals surface area contributed by atoms with Gasteiger partial charge in [-0.15, -0.1) is 0 Å². The molecule has 3 nitrogen and oxygen atoms in total. The predicted octanol–water partition coefficient (Wildman–Crippen LogP) is 3.57. The zero-order valence-electron chi connectivity index (χ0n) is 13.8. The smallest absolute Gasteiger partial charge is 0.191 e. The fourth-order valence-corrected chi connectivity index (χ4v) is 3.82. The Labute approximate surface area is 132 Å². The first kappa shape index (κ1) is 18.6. The first-order valence-electron chi connectivity index (χ1n) is 7.39. The van der Waals surface area contributed by atoms with E-state index in [0.717, 1.165) is 4.90 Å². The number of aliphatic hydroxyl groups is 1. The minimum atomic E-state index is -1.76. The molecular weight excluding hydrogens is 300 g/mol. The molecule has 0 aromatic heterocycles. The Hall–Kier alpha value is -0.493. The maximum absolute atomic E-state index is 12.1. The van der Waals surface area contributed by atoms with Gasteiger partial charge >= 0.3 is 0 Å². The fourth-order valence-electron chi connectivity index (χ4n) is 1.59. The highest BCUT2D eigenvalue weighted by molar-refractivity contribution is 7.85. The number of rotatable bonds is 7. The van der Waals surface area contributed by atoms with Gasteiger partial charge in [-0.05, 0) is 36.7 Å². The maximum atomic E-state index is 12.1. The molecule has 1 aromatic rings. The third kappa shape index (κ3) is 6.02. The van der Waals surface area contributed by atoms with Crippen LogP contribution in [-0.4, -0.2) is 36.1 Å². The van der Waals surface area contributed by atoms with E-state index in [1.807, 2.05) is 30.3 Å². The van der Waals surface area contributed by atoms with Gasteiger partial charge in [-0.3, -0.25) is 4.21 Å². The lowest BCUT2D eigenvalue weighted by Crippen LogP contribution is -2.41. The molecule has 120 valence electrons. The molecule has 0 aliphatic carbocycles. The number of hydrogen-bond acceptors (Lipinski definition) is 3. The summed E-state index contributed by atoms with van der Waals surface area (Å²) in [6, 6.07) is 9.27. The second kappa shape index (κ2) is 7.67. The van der Waals surface area contributed by atoms with E-state index in [4.69, 9.17) is 4.43 Å². The van der Waals surface area contributed by atoms with Crippen LogP contribution in [0, 0.1) is 0 Å². The van der Waals surface area contributed by atoms with Gasteiger partial charge in [0, 0.05) is 11.5 Å². The molecular formula is C16H28O3SSi. The third-order valence-electron chi connectivity index (χ3n) is 4.07. The maximum Gasteiger partial charge on any atom is 0.191 e. The van der Waals surface area contributed by atoms with Crippen molar-refractivity contribution < 1.29 is 13.7 Å². The van der Waals surface area contributed by atoms with Crippen molar-refractivity contribution in [3.05, 3.63) is 30.3 Å². The van der Waals surface area contributed by atoms with Gasteiger partial charge in [0.05, 0.1) is 22.7 Å². The SMILES string of the molecule is CC(C)(C)[Si](C)(C)OCC[C@@H](O)C[S@](=O)c1ccccc1. The van der Waals surface area contributed by atoms with Crippen molar-refractivity contribution in [2.45, 2.75) is 56.3 Å². The molecule has 0 unspecified atom stereocenters. The van der Waals surface area contributed by atoms with Gasteiger partial charge in [0.25, 0.3) is 0 Å². The van der Waals surface area contributed by atoms with E-state index in [1.54, 1.807) is 0 Å². The third-order valence-corrected chi connectivity index (χ3v) is 10.1. The van der Waals surface area contributed by atoms with E-state index in [2.05, 4.69) is 33.9 Å². The van der Waals surface area contributed by atoms with Crippen LogP contribution < -0.4 is 0 Å². The molecule has 0 fully saturated rings. The van der Waals surface area contributed by atoms with E-state index in [1.165, 1.54) is 0 Å². The number of hydrogen-bond donors (Lipinski definition) is 1. The van der Waals surface area contributed by atoms with Crippen LogP contribution in [0.15, 0.2) is 35.2 Å². The molecule has 1 aromatic carbocycles. The molecule has 2 atom stereocenters. The summed E-state index contributed by atoms with van der Waals surface area (Å²) >= 11 is 0. The largest absolute Gasteiger partial charge is 0.417 e. The average molecular weight is 329 g/mol. The van der Waals surface area contributed by atoms with Gasteiger partial charge in [-0.2, -0.15) is 0 Å². The van der Waals surface area contributed by atoms with Crippen LogP contribution in [0.5, 0.6) is 0 Å². The van der Waals surface area contributed by atoms with Crippen molar-refractivity contribution in [2.24, 2.45) is 0 Å². The molecule has 0 saturated carbocycles. The first-order chi connectivity index (χ1) is 9.63. The lowest BCUT2D eigenvalue weighted by Gasteiger charge is -2.36. The fraction of sp³-hybridized carbons (Fsp3) is 0.625. The van der Waals surface area contributed by atoms with Crippen molar-refractivity contribution in [1.29, 1.82) is 0 Å². The Kier molecular flexibility index (Phi) is 6.78. The van der Waals surface area contributed by atoms with Crippen LogP contribution >= 0.6 is 0 Å². The zero-order valence-corrected chi connectivity index (χ0v) is 15.6. The van der Waals surface area contributed by atoms with Gasteiger partial charge in [0.2, 0.25) is 0 Å². The summed E-state index contributed by atoms with van der Waals surface area (Å²) in [4.78, 5) is 0.766. The molecule has 0 saturated heterocycles. The van der Waals surface area contributed by atoms with Crippen LogP contribution in [-0.2, 0) is 15.2 Å². The molecule has 1 rings (SSSR count). The zero-order chi connectivity index (χ0) is 16.1. The van der Waals surface area contributed by atoms with Crippen molar-refractivity contribution >= 4 is 19.1 Å². The van der Waals surface area contributed by atoms with Gasteiger partial charge in [0.15, 0.2) is 8.32 Å². The van der Waals surface area contributed by atoms with Gasteiger partial charge in [-0.1, -0.05) is 39.0 Å². The van der Waals surface area contributed by atoms with Crippen LogP contribution in [0.1, 0.15) is 27.2 Å². The molecule has 1 N–H and O–H groups in total. The number of benzene rings is 1. The second-order valence-electron chi connectivity index (χ2n) is 6.88. The van der Waals surface area contributed by atoms with Gasteiger partial charge in [-0.25, -0.2) is 0 Å². The predicted molar refractivity (Wildman–Crippen MR) is 91.5 cm³/mol. The summed E-state index contributed by atoms with van der Waals surface area (Å²) in [6.07, 6.45) is -0.0544. The Morgan fingerprint density at radius 1 is 1.24 bits per heavy atom. The number of aliphatic hydroxyl groups excluding tert-OH is 1. The van der Waals surface area contributed by atoms with Crippen LogP contribution in [0.3, 0.4) is 0 Å². The average Bonchev–Trinajstić information content (AvgIpc) is 2.38. The highest BCUT2D eigenvalue weighted by atomic mass is 32.2. The molecule has 5 heteroatoms. The molecule has 0 spiro atoms. The molecule has 0 bridgehead atoms. The van der Waals surface area contributed by atoms with E-state index in [-0.39, 0.29) is 10.8 Å². The summed E-state index contributed by atoms with van der Waals surface area (Å²) in [5.74, 6) is 0.269. The summed E-state index contributed by atoms with van der Waals surface area (Å²) in [5, 5.41) is 10.2. The van der Waals surface area contributed by atoms with Crippen LogP contribution in [0.25, 0.3) is 0 Å². The minimum Gasteiger partial charge on any atom is -0.417 e. The molecule has 0 radical (unpaired) electrons. The quantitative estimate of drug-likeness (QED) is 0.778. The van der Waals surface area contributed by atoms with Crippen molar-refractivity contribution in [3.63, 3.8) is 0 Å². The normalized spacial score (nSPS) is 15.7. The van der Waals surface area contributed by atoms with Crippen molar-refractivity contribution in [3.8, 4) is 0 Å². The minimum absolute atomic E-state index is 0.171. The first-order valence-corrected chi connectivity index (χ1v) is 11.6. The lowest BCUT2D eigenvalue weighted by atomic mass is 10.2. The monoisotopic (exact) mass is 328 g/mol. The standard InChI is InChI=1S/C16H28O3SSi/c1-16(2,3)21(4,5)19-12-11-14(17)13-20(18)15-9-7-6-8-10-15/h6-10,14,17H,11-13H2,1-5H3/t14-,20+/m1/s1.